The van der Waals surface area contributed by atoms with E-state index in [4.69, 9.17) is 5.26 Å². The second-order valence-electron chi connectivity index (χ2n) is 5.69. The molecule has 0 unspecified atom stereocenters. The molecule has 0 aliphatic heterocycles. The van der Waals surface area contributed by atoms with E-state index in [1.54, 1.807) is 12.1 Å². The predicted molar refractivity (Wildman–Crippen MR) is 82.7 cm³/mol. The summed E-state index contributed by atoms with van der Waals surface area (Å²) in [4.78, 5) is 23.3. The van der Waals surface area contributed by atoms with Gasteiger partial charge in [-0.25, -0.2) is 0 Å². The second kappa shape index (κ2) is 7.60. The normalized spacial score (nSPS) is 14.7. The van der Waals surface area contributed by atoms with E-state index in [-0.39, 0.29) is 23.8 Å². The fourth-order valence-corrected chi connectivity index (χ4v) is 2.19. The number of benzene rings is 1. The largest absolute Gasteiger partial charge is 0.356 e. The molecule has 0 radical (unpaired) electrons. The molecule has 1 saturated carbocycles. The van der Waals surface area contributed by atoms with Crippen LogP contribution in [0.2, 0.25) is 0 Å². The lowest BCUT2D eigenvalue weighted by atomic mass is 10.1. The van der Waals surface area contributed by atoms with E-state index in [0.717, 1.165) is 18.4 Å². The number of hydrogen-bond donors (Lipinski definition) is 2. The lowest BCUT2D eigenvalue weighted by molar-refractivity contribution is -0.123. The Hall–Kier alpha value is -2.35. The quantitative estimate of drug-likeness (QED) is 0.756. The summed E-state index contributed by atoms with van der Waals surface area (Å²) in [5.74, 6) is 0.300. The molecule has 5 nitrogen and oxygen atoms in total. The molecule has 0 heterocycles. The van der Waals surface area contributed by atoms with Gasteiger partial charge in [0.1, 0.15) is 0 Å². The second-order valence-corrected chi connectivity index (χ2v) is 5.69. The first-order valence-electron chi connectivity index (χ1n) is 7.67. The summed E-state index contributed by atoms with van der Waals surface area (Å²) in [6.45, 7) is 2.46. The van der Waals surface area contributed by atoms with Crippen molar-refractivity contribution in [2.75, 3.05) is 6.54 Å². The molecule has 1 fully saturated rings. The number of hydrogen-bond acceptors (Lipinski definition) is 3. The number of nitrogens with zero attached hydrogens (tertiary/aromatic N) is 1. The third kappa shape index (κ3) is 4.88. The maximum absolute atomic E-state index is 11.9. The third-order valence-electron chi connectivity index (χ3n) is 3.75. The molecule has 1 aliphatic rings. The van der Waals surface area contributed by atoms with Crippen LogP contribution in [-0.4, -0.2) is 18.4 Å². The lowest BCUT2D eigenvalue weighted by Crippen LogP contribution is -2.29. The van der Waals surface area contributed by atoms with Crippen molar-refractivity contribution in [3.05, 3.63) is 35.4 Å². The number of rotatable bonds is 7. The van der Waals surface area contributed by atoms with Gasteiger partial charge in [0.2, 0.25) is 11.8 Å². The Balaban J connectivity index is 1.66. The van der Waals surface area contributed by atoms with Crippen molar-refractivity contribution in [2.24, 2.45) is 5.92 Å². The van der Waals surface area contributed by atoms with Crippen molar-refractivity contribution in [1.82, 2.24) is 10.6 Å². The topological polar surface area (TPSA) is 82.0 Å². The van der Waals surface area contributed by atoms with Gasteiger partial charge in [0.15, 0.2) is 0 Å². The van der Waals surface area contributed by atoms with Crippen LogP contribution in [0.4, 0.5) is 0 Å². The molecule has 0 aromatic heterocycles. The van der Waals surface area contributed by atoms with Crippen LogP contribution >= 0.6 is 0 Å². The molecule has 116 valence electrons. The van der Waals surface area contributed by atoms with Crippen LogP contribution in [0.3, 0.4) is 0 Å². The summed E-state index contributed by atoms with van der Waals surface area (Å²) in [5, 5.41) is 14.5. The summed E-state index contributed by atoms with van der Waals surface area (Å²) < 4.78 is 0. The minimum Gasteiger partial charge on any atom is -0.356 e. The van der Waals surface area contributed by atoms with Crippen LogP contribution in [0, 0.1) is 17.2 Å². The molecule has 1 aliphatic carbocycles. The van der Waals surface area contributed by atoms with Gasteiger partial charge in [-0.3, -0.25) is 9.59 Å². The Labute approximate surface area is 130 Å². The molecule has 2 rings (SSSR count). The van der Waals surface area contributed by atoms with Gasteiger partial charge in [0.05, 0.1) is 17.7 Å². The fraction of sp³-hybridized carbons (Fsp3) is 0.471. The van der Waals surface area contributed by atoms with E-state index in [1.807, 2.05) is 19.1 Å². The average molecular weight is 299 g/mol. The zero-order valence-corrected chi connectivity index (χ0v) is 12.8. The zero-order valence-electron chi connectivity index (χ0n) is 12.8. The first-order valence-corrected chi connectivity index (χ1v) is 7.67. The van der Waals surface area contributed by atoms with Crippen molar-refractivity contribution >= 4 is 11.8 Å². The molecule has 2 amide bonds. The molecule has 1 atom stereocenters. The molecule has 1 aromatic carbocycles. The first-order chi connectivity index (χ1) is 10.6. The van der Waals surface area contributed by atoms with Gasteiger partial charge in [0, 0.05) is 18.9 Å². The molecule has 0 bridgehead atoms. The van der Waals surface area contributed by atoms with Crippen molar-refractivity contribution in [2.45, 2.75) is 38.6 Å². The van der Waals surface area contributed by atoms with Gasteiger partial charge in [-0.15, -0.1) is 0 Å². The standard InChI is InChI=1S/C17H21N3O2/c1-12(14-6-4-13(11-18)5-7-14)20-16(21)3-2-10-19-17(22)15-8-9-15/h4-7,12,15H,2-3,8-10H2,1H3,(H,19,22)(H,20,21)/t12-/m0/s1. The molecular weight excluding hydrogens is 278 g/mol. The van der Waals surface area contributed by atoms with Crippen LogP contribution in [0.1, 0.15) is 49.8 Å². The van der Waals surface area contributed by atoms with Crippen molar-refractivity contribution < 1.29 is 9.59 Å². The van der Waals surface area contributed by atoms with Crippen LogP contribution in [0.5, 0.6) is 0 Å². The highest BCUT2D eigenvalue weighted by molar-refractivity contribution is 5.81. The minimum absolute atomic E-state index is 0.0301. The van der Waals surface area contributed by atoms with E-state index in [0.29, 0.717) is 24.9 Å². The molecule has 0 spiro atoms. The minimum atomic E-state index is -0.0960. The molecular formula is C17H21N3O2. The highest BCUT2D eigenvalue weighted by Crippen LogP contribution is 2.28. The van der Waals surface area contributed by atoms with Gasteiger partial charge < -0.3 is 10.6 Å². The van der Waals surface area contributed by atoms with E-state index in [9.17, 15) is 9.59 Å². The van der Waals surface area contributed by atoms with Gasteiger partial charge in [0.25, 0.3) is 0 Å². The summed E-state index contributed by atoms with van der Waals surface area (Å²) in [5.41, 5.74) is 1.57. The summed E-state index contributed by atoms with van der Waals surface area (Å²) >= 11 is 0. The van der Waals surface area contributed by atoms with Crippen molar-refractivity contribution in [3.8, 4) is 6.07 Å². The molecule has 5 heteroatoms. The van der Waals surface area contributed by atoms with Gasteiger partial charge in [-0.05, 0) is 43.9 Å². The summed E-state index contributed by atoms with van der Waals surface area (Å²) in [7, 11) is 0. The molecule has 0 saturated heterocycles. The maximum Gasteiger partial charge on any atom is 0.223 e. The van der Waals surface area contributed by atoms with Crippen molar-refractivity contribution in [1.29, 1.82) is 5.26 Å². The van der Waals surface area contributed by atoms with Crippen LogP contribution in [-0.2, 0) is 9.59 Å². The van der Waals surface area contributed by atoms with Crippen LogP contribution in [0.15, 0.2) is 24.3 Å². The first kappa shape index (κ1) is 16.0. The summed E-state index contributed by atoms with van der Waals surface area (Å²) in [6.07, 6.45) is 3.03. The van der Waals surface area contributed by atoms with Gasteiger partial charge in [-0.1, -0.05) is 12.1 Å². The number of amides is 2. The highest BCUT2D eigenvalue weighted by Gasteiger charge is 2.28. The fourth-order valence-electron chi connectivity index (χ4n) is 2.19. The number of nitrogens with one attached hydrogen (secondary N) is 2. The van der Waals surface area contributed by atoms with Crippen LogP contribution < -0.4 is 10.6 Å². The Bertz CT molecular complexity index is 571. The van der Waals surface area contributed by atoms with E-state index < -0.39 is 0 Å². The van der Waals surface area contributed by atoms with E-state index in [2.05, 4.69) is 16.7 Å². The number of carbonyl (C=O) groups is 2. The highest BCUT2D eigenvalue weighted by atomic mass is 16.2. The number of nitriles is 1. The monoisotopic (exact) mass is 299 g/mol. The van der Waals surface area contributed by atoms with Gasteiger partial charge >= 0.3 is 0 Å². The van der Waals surface area contributed by atoms with Crippen LogP contribution in [0.25, 0.3) is 0 Å². The Morgan fingerprint density at radius 2 is 2.00 bits per heavy atom. The number of carbonyl (C=O) groups excluding carboxylic acids is 2. The van der Waals surface area contributed by atoms with Gasteiger partial charge in [-0.2, -0.15) is 5.26 Å². The smallest absolute Gasteiger partial charge is 0.223 e. The SMILES string of the molecule is C[C@H](NC(=O)CCCNC(=O)C1CC1)c1ccc(C#N)cc1. The van der Waals surface area contributed by atoms with E-state index in [1.165, 1.54) is 0 Å². The Morgan fingerprint density at radius 3 is 2.59 bits per heavy atom. The summed E-state index contributed by atoms with van der Waals surface area (Å²) in [6, 6.07) is 9.15. The van der Waals surface area contributed by atoms with Crippen molar-refractivity contribution in [3.63, 3.8) is 0 Å². The zero-order chi connectivity index (χ0) is 15.9. The Morgan fingerprint density at radius 1 is 1.32 bits per heavy atom. The Kier molecular flexibility index (Phi) is 5.54. The molecule has 1 aromatic rings. The average Bonchev–Trinajstić information content (AvgIpc) is 3.36. The van der Waals surface area contributed by atoms with E-state index >= 15 is 0 Å². The maximum atomic E-state index is 11.9. The third-order valence-corrected chi connectivity index (χ3v) is 3.75. The molecule has 2 N–H and O–H groups in total. The molecule has 22 heavy (non-hydrogen) atoms. The lowest BCUT2D eigenvalue weighted by Gasteiger charge is -2.14. The predicted octanol–water partition coefficient (Wildman–Crippen LogP) is 2.04.